The van der Waals surface area contributed by atoms with Crippen molar-refractivity contribution in [3.8, 4) is 0 Å². The molecule has 10 heteroatoms. The van der Waals surface area contributed by atoms with Gasteiger partial charge in [0.2, 0.25) is 0 Å². The van der Waals surface area contributed by atoms with Crippen LogP contribution in [0.15, 0.2) is 35.6 Å². The van der Waals surface area contributed by atoms with E-state index in [1.165, 1.54) is 14.0 Å². The SMILES string of the molecule is CCOC(=O)[C@H](Cc1c[nH]c2ccccc12)NC(=O)CO/N=C(/[C@@H](OC)C(C)C)[C@@H](O)[C@@H](C)O. The number of nitrogens with one attached hydrogen (secondary N) is 2. The molecule has 34 heavy (non-hydrogen) atoms. The van der Waals surface area contributed by atoms with Gasteiger partial charge in [0, 0.05) is 30.6 Å². The minimum absolute atomic E-state index is 0.0704. The van der Waals surface area contributed by atoms with Crippen LogP contribution in [0.1, 0.15) is 33.3 Å². The second-order valence-corrected chi connectivity index (χ2v) is 8.31. The number of nitrogens with zero attached hydrogens (tertiary/aromatic N) is 1. The summed E-state index contributed by atoms with van der Waals surface area (Å²) < 4.78 is 10.5. The van der Waals surface area contributed by atoms with Gasteiger partial charge in [0.25, 0.3) is 5.91 Å². The number of para-hydroxylation sites is 1. The van der Waals surface area contributed by atoms with Gasteiger partial charge < -0.3 is 34.8 Å². The number of hydrogen-bond acceptors (Lipinski definition) is 8. The van der Waals surface area contributed by atoms with Crippen molar-refractivity contribution in [3.63, 3.8) is 0 Å². The van der Waals surface area contributed by atoms with Gasteiger partial charge >= 0.3 is 5.97 Å². The van der Waals surface area contributed by atoms with Crippen molar-refractivity contribution in [2.75, 3.05) is 20.3 Å². The van der Waals surface area contributed by atoms with Crippen LogP contribution >= 0.6 is 0 Å². The predicted molar refractivity (Wildman–Crippen MR) is 127 cm³/mol. The molecule has 0 aliphatic heterocycles. The molecule has 0 radical (unpaired) electrons. The number of aliphatic hydroxyl groups excluding tert-OH is 2. The molecule has 1 amide bonds. The molecule has 4 N–H and O–H groups in total. The highest BCUT2D eigenvalue weighted by molar-refractivity contribution is 5.93. The summed E-state index contributed by atoms with van der Waals surface area (Å²) in [5.41, 5.74) is 1.85. The van der Waals surface area contributed by atoms with Crippen molar-refractivity contribution >= 4 is 28.5 Å². The van der Waals surface area contributed by atoms with Gasteiger partial charge in [-0.2, -0.15) is 0 Å². The summed E-state index contributed by atoms with van der Waals surface area (Å²) in [7, 11) is 1.45. The molecule has 10 nitrogen and oxygen atoms in total. The Morgan fingerprint density at radius 2 is 1.88 bits per heavy atom. The Hall–Kier alpha value is -2.95. The number of oxime groups is 1. The van der Waals surface area contributed by atoms with E-state index in [0.29, 0.717) is 0 Å². The molecular formula is C24H35N3O7. The first-order valence-electron chi connectivity index (χ1n) is 11.3. The van der Waals surface area contributed by atoms with Crippen LogP contribution in [-0.2, 0) is 30.3 Å². The minimum atomic E-state index is -1.33. The van der Waals surface area contributed by atoms with Gasteiger partial charge in [-0.1, -0.05) is 37.2 Å². The van der Waals surface area contributed by atoms with E-state index < -0.39 is 42.8 Å². The Kier molecular flexibility index (Phi) is 10.5. The standard InChI is InChI=1S/C24H35N3O7/c1-6-33-24(31)19(11-16-12-25-18-10-8-7-9-17(16)18)26-20(29)13-34-27-21(22(30)15(4)28)23(32-5)14(2)3/h7-10,12,14-15,19,22-23,25,28,30H,6,11,13H2,1-5H3,(H,26,29)/b27-21+/t15-,19+,22+,23+/m1/s1. The quantitative estimate of drug-likeness (QED) is 0.195. The first-order valence-corrected chi connectivity index (χ1v) is 11.3. The lowest BCUT2D eigenvalue weighted by molar-refractivity contribution is -0.147. The van der Waals surface area contributed by atoms with Gasteiger partial charge in [0.1, 0.15) is 24.0 Å². The van der Waals surface area contributed by atoms with Crippen LogP contribution in [0.25, 0.3) is 10.9 Å². The number of amides is 1. The number of esters is 1. The van der Waals surface area contributed by atoms with Crippen molar-refractivity contribution in [2.45, 2.75) is 58.5 Å². The second-order valence-electron chi connectivity index (χ2n) is 8.31. The fraction of sp³-hybridized carbons (Fsp3) is 0.542. The number of ether oxygens (including phenoxy) is 2. The number of benzene rings is 1. The number of carbonyl (C=O) groups excluding carboxylic acids is 2. The number of fused-ring (bicyclic) bond motifs is 1. The molecular weight excluding hydrogens is 442 g/mol. The zero-order valence-electron chi connectivity index (χ0n) is 20.3. The molecule has 0 fully saturated rings. The molecule has 2 aromatic rings. The van der Waals surface area contributed by atoms with Crippen LogP contribution in [0.4, 0.5) is 0 Å². The molecule has 0 bridgehead atoms. The topological polar surface area (TPSA) is 142 Å². The third kappa shape index (κ3) is 7.28. The summed E-state index contributed by atoms with van der Waals surface area (Å²) in [6.07, 6.45) is -1.05. The number of aromatic amines is 1. The summed E-state index contributed by atoms with van der Waals surface area (Å²) in [5, 5.41) is 27.5. The Balaban J connectivity index is 2.11. The fourth-order valence-corrected chi connectivity index (χ4v) is 3.61. The van der Waals surface area contributed by atoms with Crippen LogP contribution < -0.4 is 5.32 Å². The molecule has 0 aliphatic carbocycles. The van der Waals surface area contributed by atoms with Crippen LogP contribution in [-0.4, -0.2) is 77.5 Å². The first kappa shape index (κ1) is 27.3. The van der Waals surface area contributed by atoms with E-state index in [2.05, 4.69) is 15.5 Å². The molecule has 4 atom stereocenters. The van der Waals surface area contributed by atoms with Crippen LogP contribution in [0, 0.1) is 5.92 Å². The number of carbonyl (C=O) groups is 2. The lowest BCUT2D eigenvalue weighted by Crippen LogP contribution is -2.45. The van der Waals surface area contributed by atoms with E-state index in [1.54, 1.807) is 13.1 Å². The third-order valence-corrected chi connectivity index (χ3v) is 5.28. The Morgan fingerprint density at radius 3 is 2.50 bits per heavy atom. The molecule has 1 aromatic carbocycles. The van der Waals surface area contributed by atoms with Crippen LogP contribution in [0.2, 0.25) is 0 Å². The lowest BCUT2D eigenvalue weighted by atomic mass is 9.96. The largest absolute Gasteiger partial charge is 0.464 e. The highest BCUT2D eigenvalue weighted by Gasteiger charge is 2.30. The molecule has 188 valence electrons. The summed E-state index contributed by atoms with van der Waals surface area (Å²) in [5.74, 6) is -1.22. The molecule has 0 saturated carbocycles. The maximum absolute atomic E-state index is 12.5. The van der Waals surface area contributed by atoms with Crippen molar-refractivity contribution in [2.24, 2.45) is 11.1 Å². The number of H-pyrrole nitrogens is 1. The van der Waals surface area contributed by atoms with Gasteiger partial charge in [-0.05, 0) is 31.4 Å². The van der Waals surface area contributed by atoms with E-state index >= 15 is 0 Å². The third-order valence-electron chi connectivity index (χ3n) is 5.28. The van der Waals surface area contributed by atoms with E-state index in [-0.39, 0.29) is 24.7 Å². The number of rotatable bonds is 13. The molecule has 0 unspecified atom stereocenters. The van der Waals surface area contributed by atoms with Crippen molar-refractivity contribution in [1.29, 1.82) is 0 Å². The van der Waals surface area contributed by atoms with Gasteiger partial charge in [-0.3, -0.25) is 4.79 Å². The normalized spacial score (nSPS) is 15.6. The molecule has 0 spiro atoms. The highest BCUT2D eigenvalue weighted by atomic mass is 16.6. The predicted octanol–water partition coefficient (Wildman–Crippen LogP) is 1.54. The van der Waals surface area contributed by atoms with Crippen molar-refractivity contribution in [3.05, 3.63) is 36.0 Å². The average Bonchev–Trinajstić information content (AvgIpc) is 3.20. The van der Waals surface area contributed by atoms with Gasteiger partial charge in [-0.15, -0.1) is 0 Å². The monoisotopic (exact) mass is 477 g/mol. The number of methoxy groups -OCH3 is 1. The average molecular weight is 478 g/mol. The van der Waals surface area contributed by atoms with Gasteiger partial charge in [-0.25, -0.2) is 4.79 Å². The van der Waals surface area contributed by atoms with Crippen LogP contribution in [0.5, 0.6) is 0 Å². The first-order chi connectivity index (χ1) is 16.2. The zero-order valence-corrected chi connectivity index (χ0v) is 20.3. The number of aliphatic hydroxyl groups is 2. The highest BCUT2D eigenvalue weighted by Crippen LogP contribution is 2.19. The summed E-state index contributed by atoms with van der Waals surface area (Å²) in [6.45, 7) is 6.49. The Labute approximate surface area is 199 Å². The fourth-order valence-electron chi connectivity index (χ4n) is 3.61. The van der Waals surface area contributed by atoms with Gasteiger partial charge in [0.15, 0.2) is 6.61 Å². The molecule has 0 saturated heterocycles. The zero-order chi connectivity index (χ0) is 25.3. The Morgan fingerprint density at radius 1 is 1.18 bits per heavy atom. The smallest absolute Gasteiger partial charge is 0.328 e. The van der Waals surface area contributed by atoms with Crippen molar-refractivity contribution in [1.82, 2.24) is 10.3 Å². The van der Waals surface area contributed by atoms with E-state index in [0.717, 1.165) is 16.5 Å². The lowest BCUT2D eigenvalue weighted by Gasteiger charge is -2.25. The molecule has 2 rings (SSSR count). The molecule has 0 aliphatic rings. The second kappa shape index (κ2) is 13.1. The molecule has 1 heterocycles. The summed E-state index contributed by atoms with van der Waals surface area (Å²) in [6, 6.07) is 6.73. The number of aromatic nitrogens is 1. The number of hydrogen-bond donors (Lipinski definition) is 4. The van der Waals surface area contributed by atoms with E-state index in [1.807, 2.05) is 38.1 Å². The maximum atomic E-state index is 12.5. The summed E-state index contributed by atoms with van der Waals surface area (Å²) >= 11 is 0. The van der Waals surface area contributed by atoms with Crippen molar-refractivity contribution < 1.29 is 34.1 Å². The van der Waals surface area contributed by atoms with E-state index in [4.69, 9.17) is 14.3 Å². The maximum Gasteiger partial charge on any atom is 0.328 e. The minimum Gasteiger partial charge on any atom is -0.464 e. The van der Waals surface area contributed by atoms with Gasteiger partial charge in [0.05, 0.1) is 12.7 Å². The van der Waals surface area contributed by atoms with Crippen LogP contribution in [0.3, 0.4) is 0 Å². The summed E-state index contributed by atoms with van der Waals surface area (Å²) in [4.78, 5) is 33.4. The Bertz CT molecular complexity index is 970. The van der Waals surface area contributed by atoms with E-state index in [9.17, 15) is 19.8 Å². The molecule has 1 aromatic heterocycles.